The zero-order valence-corrected chi connectivity index (χ0v) is 10.1. The highest BCUT2D eigenvalue weighted by Gasteiger charge is 2.41. The van der Waals surface area contributed by atoms with E-state index in [2.05, 4.69) is 15.0 Å². The maximum atomic E-state index is 9.96. The fourth-order valence-electron chi connectivity index (χ4n) is 2.21. The third-order valence-electron chi connectivity index (χ3n) is 3.29. The molecule has 0 unspecified atom stereocenters. The Morgan fingerprint density at radius 3 is 2.67 bits per heavy atom. The molecule has 18 heavy (non-hydrogen) atoms. The van der Waals surface area contributed by atoms with E-state index in [4.69, 9.17) is 4.74 Å². The van der Waals surface area contributed by atoms with E-state index in [0.717, 1.165) is 5.69 Å². The van der Waals surface area contributed by atoms with Gasteiger partial charge in [-0.25, -0.2) is 15.0 Å². The monoisotopic (exact) mass is 250 g/mol. The number of rotatable bonds is 1. The smallest absolute Gasteiger partial charge is 0.165 e. The molecule has 0 saturated carbocycles. The van der Waals surface area contributed by atoms with Gasteiger partial charge in [-0.3, -0.25) is 4.57 Å². The number of imidazole rings is 1. The van der Waals surface area contributed by atoms with Gasteiger partial charge in [0.15, 0.2) is 11.9 Å². The molecule has 2 aromatic heterocycles. The molecule has 96 valence electrons. The summed E-state index contributed by atoms with van der Waals surface area (Å²) in [5, 5.41) is 19.7. The van der Waals surface area contributed by atoms with Crippen molar-refractivity contribution in [3.8, 4) is 0 Å². The molecular weight excluding hydrogens is 236 g/mol. The van der Waals surface area contributed by atoms with Crippen LogP contribution in [0.3, 0.4) is 0 Å². The molecule has 7 nitrogen and oxygen atoms in total. The minimum absolute atomic E-state index is 0.426. The lowest BCUT2D eigenvalue weighted by molar-refractivity contribution is -0.0299. The molecule has 1 aliphatic heterocycles. The van der Waals surface area contributed by atoms with Crippen LogP contribution in [0.15, 0.2) is 12.7 Å². The van der Waals surface area contributed by atoms with Crippen LogP contribution in [0.25, 0.3) is 11.2 Å². The number of ether oxygens (including phenoxy) is 1. The Balaban J connectivity index is 2.08. The normalized spacial score (nSPS) is 32.2. The summed E-state index contributed by atoms with van der Waals surface area (Å²) in [6.07, 6.45) is -0.00934. The third kappa shape index (κ3) is 1.52. The summed E-state index contributed by atoms with van der Waals surface area (Å²) < 4.78 is 7.17. The summed E-state index contributed by atoms with van der Waals surface area (Å²) >= 11 is 0. The molecular formula is C11H14N4O3. The van der Waals surface area contributed by atoms with E-state index < -0.39 is 24.5 Å². The fourth-order valence-corrected chi connectivity index (χ4v) is 2.21. The van der Waals surface area contributed by atoms with Gasteiger partial charge in [0.1, 0.15) is 24.1 Å². The SMILES string of the molecule is Cc1ncnc2c1ncn2[C@@H]1O[C@@H](C)[C@@H](O)[C@H]1O. The molecule has 2 N–H and O–H groups in total. The first-order valence-corrected chi connectivity index (χ1v) is 5.75. The summed E-state index contributed by atoms with van der Waals surface area (Å²) in [7, 11) is 0. The fraction of sp³-hybridized carbons (Fsp3) is 0.545. The van der Waals surface area contributed by atoms with Gasteiger partial charge in [-0.15, -0.1) is 0 Å². The van der Waals surface area contributed by atoms with Crippen molar-refractivity contribution in [1.82, 2.24) is 19.5 Å². The van der Waals surface area contributed by atoms with Crippen LogP contribution in [0.4, 0.5) is 0 Å². The predicted molar refractivity (Wildman–Crippen MR) is 61.7 cm³/mol. The summed E-state index contributed by atoms with van der Waals surface area (Å²) in [5.41, 5.74) is 2.02. The average molecular weight is 250 g/mol. The first-order valence-electron chi connectivity index (χ1n) is 5.75. The number of aliphatic hydroxyl groups is 2. The van der Waals surface area contributed by atoms with Crippen molar-refractivity contribution in [2.75, 3.05) is 0 Å². The van der Waals surface area contributed by atoms with E-state index >= 15 is 0 Å². The minimum atomic E-state index is -0.993. The van der Waals surface area contributed by atoms with Crippen LogP contribution >= 0.6 is 0 Å². The molecule has 0 amide bonds. The molecule has 3 heterocycles. The molecule has 4 atom stereocenters. The highest BCUT2D eigenvalue weighted by atomic mass is 16.6. The van der Waals surface area contributed by atoms with E-state index in [9.17, 15) is 10.2 Å². The van der Waals surface area contributed by atoms with Gasteiger partial charge in [0.2, 0.25) is 0 Å². The van der Waals surface area contributed by atoms with Crippen LogP contribution in [0.5, 0.6) is 0 Å². The highest BCUT2D eigenvalue weighted by molar-refractivity contribution is 5.72. The molecule has 1 aliphatic rings. The Morgan fingerprint density at radius 2 is 2.00 bits per heavy atom. The minimum Gasteiger partial charge on any atom is -0.388 e. The van der Waals surface area contributed by atoms with Crippen LogP contribution in [0.1, 0.15) is 18.8 Å². The Kier molecular flexibility index (Phi) is 2.54. The van der Waals surface area contributed by atoms with Crippen molar-refractivity contribution in [2.24, 2.45) is 0 Å². The lowest BCUT2D eigenvalue weighted by atomic mass is 10.1. The van der Waals surface area contributed by atoms with Crippen molar-refractivity contribution in [3.05, 3.63) is 18.3 Å². The van der Waals surface area contributed by atoms with Crippen molar-refractivity contribution < 1.29 is 14.9 Å². The largest absolute Gasteiger partial charge is 0.388 e. The zero-order valence-electron chi connectivity index (χ0n) is 10.1. The Labute approximate surface area is 103 Å². The first kappa shape index (κ1) is 11.5. The molecule has 0 aliphatic carbocycles. The second-order valence-corrected chi connectivity index (χ2v) is 4.50. The quantitative estimate of drug-likeness (QED) is 0.726. The van der Waals surface area contributed by atoms with Crippen LogP contribution < -0.4 is 0 Å². The van der Waals surface area contributed by atoms with E-state index in [1.807, 2.05) is 6.92 Å². The highest BCUT2D eigenvalue weighted by Crippen LogP contribution is 2.31. The number of nitrogens with zero attached hydrogens (tertiary/aromatic N) is 4. The second kappa shape index (κ2) is 3.98. The number of hydrogen-bond acceptors (Lipinski definition) is 6. The van der Waals surface area contributed by atoms with Gasteiger partial charge < -0.3 is 14.9 Å². The Hall–Kier alpha value is -1.57. The lowest BCUT2D eigenvalue weighted by Crippen LogP contribution is -2.30. The van der Waals surface area contributed by atoms with Gasteiger partial charge in [0, 0.05) is 0 Å². The Bertz CT molecular complexity index is 585. The predicted octanol–water partition coefficient (Wildman–Crippen LogP) is -0.226. The summed E-state index contributed by atoms with van der Waals surface area (Å²) in [5.74, 6) is 0. The van der Waals surface area contributed by atoms with Crippen molar-refractivity contribution in [2.45, 2.75) is 38.4 Å². The third-order valence-corrected chi connectivity index (χ3v) is 3.29. The van der Waals surface area contributed by atoms with Gasteiger partial charge in [0.25, 0.3) is 0 Å². The van der Waals surface area contributed by atoms with Gasteiger partial charge in [0.05, 0.1) is 18.1 Å². The molecule has 1 saturated heterocycles. The van der Waals surface area contributed by atoms with E-state index in [-0.39, 0.29) is 0 Å². The molecule has 2 aromatic rings. The molecule has 1 fully saturated rings. The van der Waals surface area contributed by atoms with Crippen LogP contribution in [-0.4, -0.2) is 48.0 Å². The topological polar surface area (TPSA) is 93.3 Å². The van der Waals surface area contributed by atoms with Crippen molar-refractivity contribution >= 4 is 11.2 Å². The van der Waals surface area contributed by atoms with Gasteiger partial charge in [-0.2, -0.15) is 0 Å². The van der Waals surface area contributed by atoms with Crippen LogP contribution in [0, 0.1) is 6.92 Å². The number of aliphatic hydroxyl groups excluding tert-OH is 2. The molecule has 0 radical (unpaired) electrons. The molecule has 7 heteroatoms. The van der Waals surface area contributed by atoms with E-state index in [1.165, 1.54) is 6.33 Å². The van der Waals surface area contributed by atoms with Crippen molar-refractivity contribution in [3.63, 3.8) is 0 Å². The van der Waals surface area contributed by atoms with Crippen LogP contribution in [-0.2, 0) is 4.74 Å². The maximum Gasteiger partial charge on any atom is 0.165 e. The number of hydrogen-bond donors (Lipinski definition) is 2. The molecule has 0 aromatic carbocycles. The second-order valence-electron chi connectivity index (χ2n) is 4.50. The van der Waals surface area contributed by atoms with Crippen LogP contribution in [0.2, 0.25) is 0 Å². The number of fused-ring (bicyclic) bond motifs is 1. The number of aryl methyl sites for hydroxylation is 1. The lowest BCUT2D eigenvalue weighted by Gasteiger charge is -2.16. The van der Waals surface area contributed by atoms with Gasteiger partial charge in [-0.05, 0) is 13.8 Å². The standard InChI is InChI=1S/C11H14N4O3/c1-5-7-10(13-3-12-5)15(4-14-7)11-9(17)8(16)6(2)18-11/h3-4,6,8-9,11,16-17H,1-2H3/t6-,8+,9+,11+/m0/s1. The summed E-state index contributed by atoms with van der Waals surface area (Å²) in [6, 6.07) is 0. The average Bonchev–Trinajstić information content (AvgIpc) is 2.88. The number of aromatic nitrogens is 4. The molecule has 0 spiro atoms. The summed E-state index contributed by atoms with van der Waals surface area (Å²) in [6.45, 7) is 3.55. The summed E-state index contributed by atoms with van der Waals surface area (Å²) in [4.78, 5) is 12.4. The van der Waals surface area contributed by atoms with E-state index in [0.29, 0.717) is 11.2 Å². The maximum absolute atomic E-state index is 9.96. The van der Waals surface area contributed by atoms with Gasteiger partial charge in [-0.1, -0.05) is 0 Å². The first-order chi connectivity index (χ1) is 8.59. The molecule has 3 rings (SSSR count). The van der Waals surface area contributed by atoms with Crippen molar-refractivity contribution in [1.29, 1.82) is 0 Å². The van der Waals surface area contributed by atoms with Gasteiger partial charge >= 0.3 is 0 Å². The Morgan fingerprint density at radius 1 is 1.22 bits per heavy atom. The van der Waals surface area contributed by atoms with E-state index in [1.54, 1.807) is 17.8 Å². The molecule has 0 bridgehead atoms. The zero-order chi connectivity index (χ0) is 12.9.